The van der Waals surface area contributed by atoms with Crippen LogP contribution in [0.2, 0.25) is 0 Å². The van der Waals surface area contributed by atoms with Crippen molar-refractivity contribution >= 4 is 11.8 Å². The first kappa shape index (κ1) is 17.4. The minimum absolute atomic E-state index is 0.0634. The third-order valence-corrected chi connectivity index (χ3v) is 3.78. The Kier molecular flexibility index (Phi) is 7.03. The van der Waals surface area contributed by atoms with E-state index in [1.165, 1.54) is 5.56 Å². The van der Waals surface area contributed by atoms with Gasteiger partial charge in [0.1, 0.15) is 0 Å². The van der Waals surface area contributed by atoms with Crippen molar-refractivity contribution in [3.8, 4) is 0 Å². The molecule has 0 aliphatic carbocycles. The van der Waals surface area contributed by atoms with E-state index in [1.807, 2.05) is 25.1 Å². The van der Waals surface area contributed by atoms with Crippen LogP contribution in [-0.2, 0) is 14.3 Å². The molecule has 1 aromatic rings. The molecule has 1 aliphatic rings. The van der Waals surface area contributed by atoms with Gasteiger partial charge in [-0.3, -0.25) is 14.5 Å². The van der Waals surface area contributed by atoms with Gasteiger partial charge in [0.15, 0.2) is 0 Å². The van der Waals surface area contributed by atoms with Gasteiger partial charge in [-0.2, -0.15) is 0 Å². The molecule has 0 radical (unpaired) electrons. The molecule has 0 unspecified atom stereocenters. The molecule has 1 fully saturated rings. The summed E-state index contributed by atoms with van der Waals surface area (Å²) in [5, 5.41) is 5.22. The lowest BCUT2D eigenvalue weighted by Gasteiger charge is -2.33. The van der Waals surface area contributed by atoms with Crippen molar-refractivity contribution in [3.63, 3.8) is 0 Å². The van der Waals surface area contributed by atoms with Crippen LogP contribution in [0.1, 0.15) is 25.0 Å². The van der Waals surface area contributed by atoms with Crippen molar-refractivity contribution in [1.29, 1.82) is 0 Å². The summed E-state index contributed by atoms with van der Waals surface area (Å²) in [7, 11) is 0. The van der Waals surface area contributed by atoms with Gasteiger partial charge in [-0.15, -0.1) is 0 Å². The number of morpholine rings is 1. The van der Waals surface area contributed by atoms with Gasteiger partial charge in [-0.25, -0.2) is 0 Å². The van der Waals surface area contributed by atoms with Crippen LogP contribution in [-0.4, -0.2) is 56.0 Å². The zero-order chi connectivity index (χ0) is 16.5. The van der Waals surface area contributed by atoms with Gasteiger partial charge >= 0.3 is 11.8 Å². The third-order valence-electron chi connectivity index (χ3n) is 3.78. The maximum Gasteiger partial charge on any atom is 0.309 e. The summed E-state index contributed by atoms with van der Waals surface area (Å²) in [4.78, 5) is 25.3. The predicted molar refractivity (Wildman–Crippen MR) is 87.9 cm³/mol. The van der Waals surface area contributed by atoms with E-state index in [0.717, 1.165) is 19.5 Å². The topological polar surface area (TPSA) is 70.7 Å². The van der Waals surface area contributed by atoms with Crippen molar-refractivity contribution in [2.45, 2.75) is 19.4 Å². The molecule has 0 saturated carbocycles. The monoisotopic (exact) mass is 319 g/mol. The van der Waals surface area contributed by atoms with Gasteiger partial charge < -0.3 is 15.4 Å². The molecule has 2 N–H and O–H groups in total. The van der Waals surface area contributed by atoms with Crippen LogP contribution in [0.15, 0.2) is 30.3 Å². The second kappa shape index (κ2) is 9.27. The summed E-state index contributed by atoms with van der Waals surface area (Å²) >= 11 is 0. The number of benzene rings is 1. The Balaban J connectivity index is 1.71. The summed E-state index contributed by atoms with van der Waals surface area (Å²) in [6.45, 7) is 5.93. The zero-order valence-corrected chi connectivity index (χ0v) is 13.6. The van der Waals surface area contributed by atoms with E-state index >= 15 is 0 Å². The number of hydrogen-bond acceptors (Lipinski definition) is 4. The highest BCUT2D eigenvalue weighted by atomic mass is 16.5. The molecule has 6 nitrogen and oxygen atoms in total. The molecular weight excluding hydrogens is 294 g/mol. The Morgan fingerprint density at radius 1 is 1.17 bits per heavy atom. The summed E-state index contributed by atoms with van der Waals surface area (Å²) in [5.41, 5.74) is 1.17. The van der Waals surface area contributed by atoms with Crippen molar-refractivity contribution < 1.29 is 14.3 Å². The number of amides is 2. The Bertz CT molecular complexity index is 507. The van der Waals surface area contributed by atoms with Crippen molar-refractivity contribution in [2.24, 2.45) is 0 Å². The van der Waals surface area contributed by atoms with E-state index in [2.05, 4.69) is 27.7 Å². The highest BCUT2D eigenvalue weighted by molar-refractivity contribution is 6.35. The molecule has 2 rings (SSSR count). The molecule has 6 heteroatoms. The predicted octanol–water partition coefficient (Wildman–Crippen LogP) is 0.702. The van der Waals surface area contributed by atoms with Gasteiger partial charge in [0, 0.05) is 32.7 Å². The molecule has 126 valence electrons. The number of ether oxygens (including phenoxy) is 1. The van der Waals surface area contributed by atoms with E-state index in [9.17, 15) is 9.59 Å². The fourth-order valence-corrected chi connectivity index (χ4v) is 2.50. The van der Waals surface area contributed by atoms with E-state index in [1.54, 1.807) is 0 Å². The molecular formula is C17H25N3O3. The lowest BCUT2D eigenvalue weighted by atomic mass is 10.1. The average Bonchev–Trinajstić information content (AvgIpc) is 2.60. The Morgan fingerprint density at radius 3 is 2.57 bits per heavy atom. The number of rotatable bonds is 6. The highest BCUT2D eigenvalue weighted by Gasteiger charge is 2.21. The van der Waals surface area contributed by atoms with Crippen LogP contribution in [0.3, 0.4) is 0 Å². The molecule has 1 aliphatic heterocycles. The molecule has 23 heavy (non-hydrogen) atoms. The maximum absolute atomic E-state index is 11.6. The number of carbonyl (C=O) groups is 2. The summed E-state index contributed by atoms with van der Waals surface area (Å²) in [5.74, 6) is -1.12. The van der Waals surface area contributed by atoms with Crippen LogP contribution >= 0.6 is 0 Å². The maximum atomic E-state index is 11.6. The number of nitrogens with zero attached hydrogens (tertiary/aromatic N) is 1. The van der Waals surface area contributed by atoms with Crippen LogP contribution in [0.25, 0.3) is 0 Å². The van der Waals surface area contributed by atoms with Gasteiger partial charge in [-0.1, -0.05) is 37.3 Å². The third kappa shape index (κ3) is 5.65. The number of carbonyl (C=O) groups excluding carboxylic acids is 2. The smallest absolute Gasteiger partial charge is 0.309 e. The first-order chi connectivity index (χ1) is 11.2. The highest BCUT2D eigenvalue weighted by Crippen LogP contribution is 2.21. The minimum atomic E-state index is -0.564. The van der Waals surface area contributed by atoms with Crippen LogP contribution in [0.5, 0.6) is 0 Å². The van der Waals surface area contributed by atoms with E-state index < -0.39 is 11.8 Å². The molecule has 0 bridgehead atoms. The molecule has 2 amide bonds. The van der Waals surface area contributed by atoms with Crippen molar-refractivity contribution in [1.82, 2.24) is 15.5 Å². The Morgan fingerprint density at radius 2 is 1.87 bits per heavy atom. The van der Waals surface area contributed by atoms with Crippen LogP contribution in [0.4, 0.5) is 0 Å². The Labute approximate surface area is 137 Å². The van der Waals surface area contributed by atoms with Crippen LogP contribution in [0, 0.1) is 0 Å². The summed E-state index contributed by atoms with van der Waals surface area (Å²) in [6, 6.07) is 10.1. The summed E-state index contributed by atoms with van der Waals surface area (Å²) in [6.07, 6.45) is 0.877. The second-order valence-electron chi connectivity index (χ2n) is 5.58. The van der Waals surface area contributed by atoms with Gasteiger partial charge in [-0.05, 0) is 12.0 Å². The molecule has 1 aromatic carbocycles. The normalized spacial score (nSPS) is 18.4. The number of hydrogen-bond donors (Lipinski definition) is 2. The quantitative estimate of drug-likeness (QED) is 0.758. The molecule has 0 spiro atoms. The van der Waals surface area contributed by atoms with Crippen molar-refractivity contribution in [2.75, 3.05) is 39.3 Å². The largest absolute Gasteiger partial charge is 0.371 e. The van der Waals surface area contributed by atoms with Gasteiger partial charge in [0.25, 0.3) is 0 Å². The average molecular weight is 319 g/mol. The number of nitrogens with one attached hydrogen (secondary N) is 2. The minimum Gasteiger partial charge on any atom is -0.371 e. The zero-order valence-electron chi connectivity index (χ0n) is 13.6. The van der Waals surface area contributed by atoms with Crippen molar-refractivity contribution in [3.05, 3.63) is 35.9 Å². The lowest BCUT2D eigenvalue weighted by Crippen LogP contribution is -2.45. The van der Waals surface area contributed by atoms with Crippen LogP contribution < -0.4 is 10.6 Å². The standard InChI is InChI=1S/C17H25N3O3/c1-2-8-18-16(21)17(22)19-9-10-20-11-12-23-15(13-20)14-6-4-3-5-7-14/h3-7,15H,2,8-13H2,1H3,(H,18,21)(H,19,22)/t15-/m1/s1. The first-order valence-corrected chi connectivity index (χ1v) is 8.15. The van der Waals surface area contributed by atoms with E-state index in [0.29, 0.717) is 26.2 Å². The lowest BCUT2D eigenvalue weighted by molar-refractivity contribution is -0.139. The molecule has 1 heterocycles. The van der Waals surface area contributed by atoms with E-state index in [-0.39, 0.29) is 6.10 Å². The fourth-order valence-electron chi connectivity index (χ4n) is 2.50. The van der Waals surface area contributed by atoms with E-state index in [4.69, 9.17) is 4.74 Å². The Hall–Kier alpha value is -1.92. The van der Waals surface area contributed by atoms with Gasteiger partial charge in [0.05, 0.1) is 12.7 Å². The molecule has 1 atom stereocenters. The second-order valence-corrected chi connectivity index (χ2v) is 5.58. The molecule has 0 aromatic heterocycles. The molecule has 1 saturated heterocycles. The fraction of sp³-hybridized carbons (Fsp3) is 0.529. The first-order valence-electron chi connectivity index (χ1n) is 8.15. The summed E-state index contributed by atoms with van der Waals surface area (Å²) < 4.78 is 5.81. The SMILES string of the molecule is CCCNC(=O)C(=O)NCCN1CCO[C@@H](c2ccccc2)C1. The van der Waals surface area contributed by atoms with Gasteiger partial charge in [0.2, 0.25) is 0 Å².